The summed E-state index contributed by atoms with van der Waals surface area (Å²) in [6, 6.07) is 4.02. The number of methoxy groups -OCH3 is 1. The summed E-state index contributed by atoms with van der Waals surface area (Å²) in [5, 5.41) is 0. The fourth-order valence-electron chi connectivity index (χ4n) is 3.88. The first-order valence-corrected chi connectivity index (χ1v) is 9.79. The van der Waals surface area contributed by atoms with Crippen LogP contribution in [0.3, 0.4) is 0 Å². The zero-order valence-corrected chi connectivity index (χ0v) is 14.6. The Kier molecular flexibility index (Phi) is 5.01. The Morgan fingerprint density at radius 2 is 2.22 bits per heavy atom. The zero-order valence-electron chi connectivity index (χ0n) is 13.8. The van der Waals surface area contributed by atoms with Crippen LogP contribution in [-0.4, -0.2) is 67.2 Å². The number of hydrogen-bond acceptors (Lipinski definition) is 5. The molecule has 0 amide bonds. The molecule has 0 aliphatic carbocycles. The van der Waals surface area contributed by atoms with Crippen molar-refractivity contribution < 1.29 is 13.2 Å². The third-order valence-electron chi connectivity index (χ3n) is 5.04. The Bertz CT molecular complexity index is 623. The molecule has 0 bridgehead atoms. The molecule has 1 aromatic heterocycles. The molecular formula is C16H25N3O3S. The zero-order chi connectivity index (χ0) is 16.4. The van der Waals surface area contributed by atoms with Gasteiger partial charge in [-0.15, -0.1) is 0 Å². The van der Waals surface area contributed by atoms with Gasteiger partial charge in [0.2, 0.25) is 10.0 Å². The fourth-order valence-corrected chi connectivity index (χ4v) is 5.23. The van der Waals surface area contributed by atoms with Crippen LogP contribution in [-0.2, 0) is 21.3 Å². The van der Waals surface area contributed by atoms with E-state index in [1.165, 1.54) is 0 Å². The molecular weight excluding hydrogens is 314 g/mol. The van der Waals surface area contributed by atoms with E-state index in [9.17, 15) is 8.42 Å². The van der Waals surface area contributed by atoms with Gasteiger partial charge in [0.25, 0.3) is 0 Å². The van der Waals surface area contributed by atoms with Crippen LogP contribution >= 0.6 is 0 Å². The van der Waals surface area contributed by atoms with Gasteiger partial charge in [-0.25, -0.2) is 8.42 Å². The molecule has 128 valence electrons. The first-order chi connectivity index (χ1) is 11.0. The summed E-state index contributed by atoms with van der Waals surface area (Å²) < 4.78 is 32.2. The van der Waals surface area contributed by atoms with Crippen LogP contribution < -0.4 is 0 Å². The minimum atomic E-state index is -3.16. The summed E-state index contributed by atoms with van der Waals surface area (Å²) in [4.78, 5) is 6.48. The van der Waals surface area contributed by atoms with Crippen LogP contribution in [0.5, 0.6) is 0 Å². The lowest BCUT2D eigenvalue weighted by Gasteiger charge is -2.39. The van der Waals surface area contributed by atoms with Crippen molar-refractivity contribution in [1.29, 1.82) is 0 Å². The van der Waals surface area contributed by atoms with Gasteiger partial charge in [-0.1, -0.05) is 6.07 Å². The SMILES string of the molecule is CCS(=O)(=O)N1CC[C@@H](OC)[C@H]2CN(Cc3cccnc3)C[C@H]21. The molecule has 7 heteroatoms. The van der Waals surface area contributed by atoms with Crippen molar-refractivity contribution >= 4 is 10.0 Å². The number of sulfonamides is 1. The second kappa shape index (κ2) is 6.84. The Hall–Kier alpha value is -1.02. The number of piperidine rings is 1. The summed E-state index contributed by atoms with van der Waals surface area (Å²) in [7, 11) is -1.43. The monoisotopic (exact) mass is 339 g/mol. The summed E-state index contributed by atoms with van der Waals surface area (Å²) >= 11 is 0. The lowest BCUT2D eigenvalue weighted by atomic mass is 9.91. The molecule has 3 atom stereocenters. The predicted molar refractivity (Wildman–Crippen MR) is 88.4 cm³/mol. The largest absolute Gasteiger partial charge is 0.381 e. The Balaban J connectivity index is 1.78. The first-order valence-electron chi connectivity index (χ1n) is 8.18. The predicted octanol–water partition coefficient (Wildman–Crippen LogP) is 0.952. The number of nitrogens with zero attached hydrogens (tertiary/aromatic N) is 3. The lowest BCUT2D eigenvalue weighted by Crippen LogP contribution is -2.53. The minimum Gasteiger partial charge on any atom is -0.381 e. The van der Waals surface area contributed by atoms with Crippen molar-refractivity contribution in [2.24, 2.45) is 5.92 Å². The van der Waals surface area contributed by atoms with Gasteiger partial charge in [0.1, 0.15) is 0 Å². The summed E-state index contributed by atoms with van der Waals surface area (Å²) in [5.74, 6) is 0.406. The van der Waals surface area contributed by atoms with Crippen LogP contribution in [0.4, 0.5) is 0 Å². The number of ether oxygens (including phenoxy) is 1. The van der Waals surface area contributed by atoms with E-state index in [0.29, 0.717) is 6.54 Å². The lowest BCUT2D eigenvalue weighted by molar-refractivity contribution is 0.00232. The van der Waals surface area contributed by atoms with Crippen molar-refractivity contribution in [2.75, 3.05) is 32.5 Å². The van der Waals surface area contributed by atoms with Gasteiger partial charge >= 0.3 is 0 Å². The van der Waals surface area contributed by atoms with Crippen LogP contribution in [0.25, 0.3) is 0 Å². The van der Waals surface area contributed by atoms with Crippen molar-refractivity contribution in [3.63, 3.8) is 0 Å². The minimum absolute atomic E-state index is 0.0234. The summed E-state index contributed by atoms with van der Waals surface area (Å²) in [5.41, 5.74) is 1.16. The van der Waals surface area contributed by atoms with Crippen LogP contribution in [0.1, 0.15) is 18.9 Å². The topological polar surface area (TPSA) is 62.7 Å². The molecule has 0 saturated carbocycles. The van der Waals surface area contributed by atoms with Gasteiger partial charge in [0, 0.05) is 57.6 Å². The number of rotatable bonds is 5. The second-order valence-corrected chi connectivity index (χ2v) is 8.57. The van der Waals surface area contributed by atoms with E-state index in [1.54, 1.807) is 24.5 Å². The average molecular weight is 339 g/mol. The van der Waals surface area contributed by atoms with E-state index < -0.39 is 10.0 Å². The molecule has 2 fully saturated rings. The van der Waals surface area contributed by atoms with Crippen molar-refractivity contribution in [2.45, 2.75) is 32.0 Å². The van der Waals surface area contributed by atoms with Gasteiger partial charge in [-0.2, -0.15) is 4.31 Å². The Labute approximate surface area is 138 Å². The number of aromatic nitrogens is 1. The highest BCUT2D eigenvalue weighted by molar-refractivity contribution is 7.89. The van der Waals surface area contributed by atoms with E-state index in [4.69, 9.17) is 4.74 Å². The highest BCUT2D eigenvalue weighted by Gasteiger charge is 2.47. The van der Waals surface area contributed by atoms with Crippen molar-refractivity contribution in [3.05, 3.63) is 30.1 Å². The highest BCUT2D eigenvalue weighted by atomic mass is 32.2. The number of pyridine rings is 1. The maximum atomic E-state index is 12.4. The summed E-state index contributed by atoms with van der Waals surface area (Å²) in [6.45, 7) is 4.72. The van der Waals surface area contributed by atoms with Crippen LogP contribution in [0.2, 0.25) is 0 Å². The number of fused-ring (bicyclic) bond motifs is 1. The molecule has 0 aromatic carbocycles. The third kappa shape index (κ3) is 3.42. The molecule has 3 rings (SSSR count). The smallest absolute Gasteiger partial charge is 0.214 e. The maximum Gasteiger partial charge on any atom is 0.214 e. The highest BCUT2D eigenvalue weighted by Crippen LogP contribution is 2.34. The molecule has 2 saturated heterocycles. The molecule has 0 unspecified atom stereocenters. The molecule has 2 aliphatic rings. The molecule has 3 heterocycles. The van der Waals surface area contributed by atoms with E-state index in [1.807, 2.05) is 12.3 Å². The molecule has 1 aromatic rings. The fraction of sp³-hybridized carbons (Fsp3) is 0.688. The average Bonchev–Trinajstić information content (AvgIpc) is 2.98. The van der Waals surface area contributed by atoms with Gasteiger partial charge in [0.15, 0.2) is 0 Å². The van der Waals surface area contributed by atoms with Gasteiger partial charge < -0.3 is 4.74 Å². The number of hydrogen-bond donors (Lipinski definition) is 0. The summed E-state index contributed by atoms with van der Waals surface area (Å²) in [6.07, 6.45) is 4.56. The molecule has 6 nitrogen and oxygen atoms in total. The van der Waals surface area contributed by atoms with Gasteiger partial charge in [-0.3, -0.25) is 9.88 Å². The van der Waals surface area contributed by atoms with Crippen LogP contribution in [0.15, 0.2) is 24.5 Å². The quantitative estimate of drug-likeness (QED) is 0.799. The van der Waals surface area contributed by atoms with Crippen molar-refractivity contribution in [1.82, 2.24) is 14.2 Å². The van der Waals surface area contributed by atoms with E-state index in [-0.39, 0.29) is 23.8 Å². The van der Waals surface area contributed by atoms with Crippen molar-refractivity contribution in [3.8, 4) is 0 Å². The normalized spacial score (nSPS) is 29.6. The molecule has 0 radical (unpaired) electrons. The van der Waals surface area contributed by atoms with E-state index >= 15 is 0 Å². The molecule has 0 spiro atoms. The number of likely N-dealkylation sites (tertiary alicyclic amines) is 1. The van der Waals surface area contributed by atoms with Gasteiger partial charge in [0.05, 0.1) is 11.9 Å². The Morgan fingerprint density at radius 3 is 2.87 bits per heavy atom. The maximum absolute atomic E-state index is 12.4. The molecule has 23 heavy (non-hydrogen) atoms. The molecule has 2 aliphatic heterocycles. The Morgan fingerprint density at radius 1 is 1.39 bits per heavy atom. The van der Waals surface area contributed by atoms with Gasteiger partial charge in [-0.05, 0) is 25.0 Å². The van der Waals surface area contributed by atoms with E-state index in [0.717, 1.165) is 31.6 Å². The first kappa shape index (κ1) is 16.8. The van der Waals surface area contributed by atoms with E-state index in [2.05, 4.69) is 16.0 Å². The third-order valence-corrected chi connectivity index (χ3v) is 6.94. The van der Waals surface area contributed by atoms with Crippen LogP contribution in [0, 0.1) is 5.92 Å². The second-order valence-electron chi connectivity index (χ2n) is 6.36. The standard InChI is InChI=1S/C16H25N3O3S/c1-3-23(20,21)19-8-6-16(22-2)14-11-18(12-15(14)19)10-13-5-4-7-17-9-13/h4-5,7,9,14-16H,3,6,8,10-12H2,1-2H3/t14-,15+,16+/m0/s1. The molecule has 0 N–H and O–H groups in total.